The Labute approximate surface area is 163 Å². The number of aromatic amines is 1. The second kappa shape index (κ2) is 6.83. The molecule has 1 saturated heterocycles. The van der Waals surface area contributed by atoms with E-state index in [-0.39, 0.29) is 5.92 Å². The minimum Gasteiger partial charge on any atom is -0.366 e. The highest BCUT2D eigenvalue weighted by atomic mass is 35.5. The largest absolute Gasteiger partial charge is 0.366 e. The lowest BCUT2D eigenvalue weighted by Gasteiger charge is -2.39. The molecular formula is C19H20ClN3O3S. The average molecular weight is 406 g/mol. The maximum absolute atomic E-state index is 12.0. The van der Waals surface area contributed by atoms with Crippen LogP contribution in [0.4, 0.5) is 0 Å². The number of fused-ring (bicyclic) bond motifs is 1. The Morgan fingerprint density at radius 1 is 1.22 bits per heavy atom. The van der Waals surface area contributed by atoms with Crippen molar-refractivity contribution in [1.82, 2.24) is 9.97 Å². The average Bonchev–Trinajstić information content (AvgIpc) is 3.05. The second-order valence-corrected chi connectivity index (χ2v) is 9.72. The van der Waals surface area contributed by atoms with Crippen molar-refractivity contribution in [3.63, 3.8) is 0 Å². The third-order valence-corrected chi connectivity index (χ3v) is 7.18. The van der Waals surface area contributed by atoms with E-state index in [0.717, 1.165) is 22.1 Å². The van der Waals surface area contributed by atoms with Crippen LogP contribution in [0.2, 0.25) is 5.15 Å². The summed E-state index contributed by atoms with van der Waals surface area (Å²) in [6.07, 6.45) is 4.97. The van der Waals surface area contributed by atoms with E-state index < -0.39 is 16.5 Å². The summed E-state index contributed by atoms with van der Waals surface area (Å²) >= 11 is 5.88. The Balaban J connectivity index is 1.82. The number of carbonyl (C=O) groups is 1. The zero-order chi connectivity index (χ0) is 19.2. The maximum atomic E-state index is 12.0. The fourth-order valence-electron chi connectivity index (χ4n) is 3.72. The number of halogens is 1. The van der Waals surface area contributed by atoms with Gasteiger partial charge in [0.1, 0.15) is 5.15 Å². The number of benzene rings is 1. The quantitative estimate of drug-likeness (QED) is 0.476. The second-order valence-electron chi connectivity index (χ2n) is 6.91. The molecule has 142 valence electrons. The number of amides is 1. The van der Waals surface area contributed by atoms with Gasteiger partial charge >= 0.3 is 0 Å². The van der Waals surface area contributed by atoms with Gasteiger partial charge in [-0.25, -0.2) is 4.98 Å². The molecule has 3 heterocycles. The first-order chi connectivity index (χ1) is 12.8. The van der Waals surface area contributed by atoms with Crippen molar-refractivity contribution in [3.05, 3.63) is 52.9 Å². The van der Waals surface area contributed by atoms with E-state index in [9.17, 15) is 13.9 Å². The monoisotopic (exact) mass is 405 g/mol. The third-order valence-electron chi connectivity index (χ3n) is 5.17. The van der Waals surface area contributed by atoms with E-state index in [1.54, 1.807) is 18.3 Å². The topological polar surface area (TPSA) is 112 Å². The number of nitrogens with two attached hydrogens (primary N) is 1. The highest BCUT2D eigenvalue weighted by Gasteiger charge is 2.27. The summed E-state index contributed by atoms with van der Waals surface area (Å²) in [6.45, 7) is 0. The molecule has 1 amide bonds. The fraction of sp³-hybridized carbons (Fsp3) is 0.263. The molecule has 1 aromatic carbocycles. The predicted molar refractivity (Wildman–Crippen MR) is 110 cm³/mol. The molecule has 0 aliphatic carbocycles. The molecule has 2 aromatic heterocycles. The number of nitrogens with zero attached hydrogens (tertiary/aromatic N) is 1. The van der Waals surface area contributed by atoms with E-state index in [1.165, 1.54) is 0 Å². The van der Waals surface area contributed by atoms with E-state index in [1.807, 2.05) is 18.3 Å². The van der Waals surface area contributed by atoms with Crippen LogP contribution in [-0.2, 0) is 0 Å². The van der Waals surface area contributed by atoms with E-state index in [4.69, 9.17) is 17.3 Å². The Hall–Kier alpha value is -2.06. The van der Waals surface area contributed by atoms with Crippen molar-refractivity contribution in [2.24, 2.45) is 5.73 Å². The summed E-state index contributed by atoms with van der Waals surface area (Å²) < 4.78 is 19.8. The van der Waals surface area contributed by atoms with Crippen LogP contribution in [0.25, 0.3) is 22.0 Å². The lowest BCUT2D eigenvalue weighted by atomic mass is 9.91. The first-order valence-corrected chi connectivity index (χ1v) is 10.9. The van der Waals surface area contributed by atoms with E-state index in [2.05, 4.69) is 9.97 Å². The number of nitrogens with one attached hydrogen (secondary N) is 1. The van der Waals surface area contributed by atoms with Crippen molar-refractivity contribution < 1.29 is 13.9 Å². The summed E-state index contributed by atoms with van der Waals surface area (Å²) in [7, 11) is -2.44. The van der Waals surface area contributed by atoms with Crippen LogP contribution < -0.4 is 5.73 Å². The van der Waals surface area contributed by atoms with Crippen LogP contribution in [0.1, 0.15) is 34.7 Å². The van der Waals surface area contributed by atoms with Gasteiger partial charge in [0.25, 0.3) is 5.91 Å². The molecule has 1 aliphatic heterocycles. The van der Waals surface area contributed by atoms with Gasteiger partial charge in [0.05, 0.1) is 11.1 Å². The summed E-state index contributed by atoms with van der Waals surface area (Å²) in [6, 6.07) is 7.33. The van der Waals surface area contributed by atoms with Crippen LogP contribution >= 0.6 is 22.2 Å². The number of pyridine rings is 1. The van der Waals surface area contributed by atoms with Crippen LogP contribution in [0.3, 0.4) is 0 Å². The number of H-pyrrole nitrogens is 1. The standard InChI is InChI=1S/C19H20ClN3O3S/c20-17-2-1-12(9-22-17)13-7-14-16(11-3-5-27(25,26)6-4-11)10-23-18(14)15(8-13)19(21)24/h1-2,7-11,23,25-26H,3-6H2,(H2,21,24). The Bertz CT molecular complexity index is 1010. The first kappa shape index (κ1) is 18.3. The van der Waals surface area contributed by atoms with Crippen LogP contribution in [-0.4, -0.2) is 36.5 Å². The number of primary amides is 1. The van der Waals surface area contributed by atoms with Crippen LogP contribution in [0.5, 0.6) is 0 Å². The van der Waals surface area contributed by atoms with Crippen molar-refractivity contribution in [3.8, 4) is 11.1 Å². The molecule has 27 heavy (non-hydrogen) atoms. The summed E-state index contributed by atoms with van der Waals surface area (Å²) in [4.78, 5) is 19.3. The molecule has 0 unspecified atom stereocenters. The fourth-order valence-corrected chi connectivity index (χ4v) is 5.36. The number of rotatable bonds is 3. The predicted octanol–water partition coefficient (Wildman–Crippen LogP) is 4.61. The summed E-state index contributed by atoms with van der Waals surface area (Å²) in [5, 5.41) is 1.33. The Morgan fingerprint density at radius 2 is 1.96 bits per heavy atom. The van der Waals surface area contributed by atoms with E-state index >= 15 is 0 Å². The van der Waals surface area contributed by atoms with Crippen molar-refractivity contribution in [2.75, 3.05) is 11.5 Å². The van der Waals surface area contributed by atoms with Gasteiger partial charge in [-0.15, -0.1) is 0 Å². The molecule has 0 saturated carbocycles. The highest BCUT2D eigenvalue weighted by Crippen LogP contribution is 2.49. The van der Waals surface area contributed by atoms with Crippen molar-refractivity contribution in [1.29, 1.82) is 0 Å². The first-order valence-electron chi connectivity index (χ1n) is 8.64. The zero-order valence-corrected chi connectivity index (χ0v) is 16.1. The minimum absolute atomic E-state index is 0.206. The third kappa shape index (κ3) is 3.55. The van der Waals surface area contributed by atoms with Gasteiger partial charge in [-0.05, 0) is 54.2 Å². The Morgan fingerprint density at radius 3 is 2.59 bits per heavy atom. The van der Waals surface area contributed by atoms with Gasteiger partial charge in [-0.3, -0.25) is 13.9 Å². The van der Waals surface area contributed by atoms with Crippen molar-refractivity contribution >= 4 is 39.0 Å². The van der Waals surface area contributed by atoms with Gasteiger partial charge < -0.3 is 10.7 Å². The van der Waals surface area contributed by atoms with Crippen LogP contribution in [0, 0.1) is 0 Å². The SMILES string of the molecule is NC(=O)c1cc(-c2ccc(Cl)nc2)cc2c(C3CCS(O)(O)CC3)c[nH]c12. The lowest BCUT2D eigenvalue weighted by Crippen LogP contribution is -2.19. The molecule has 3 aromatic rings. The highest BCUT2D eigenvalue weighted by molar-refractivity contribution is 8.24. The molecule has 5 N–H and O–H groups in total. The van der Waals surface area contributed by atoms with Gasteiger partial charge in [0.15, 0.2) is 0 Å². The molecular weight excluding hydrogens is 386 g/mol. The minimum atomic E-state index is -2.44. The number of hydrogen-bond donors (Lipinski definition) is 4. The Kier molecular flexibility index (Phi) is 4.63. The maximum Gasteiger partial charge on any atom is 0.250 e. The molecule has 1 fully saturated rings. The summed E-state index contributed by atoms with van der Waals surface area (Å²) in [5.74, 6) is 0.523. The molecule has 6 nitrogen and oxygen atoms in total. The lowest BCUT2D eigenvalue weighted by molar-refractivity contribution is 0.100. The van der Waals surface area contributed by atoms with Crippen molar-refractivity contribution in [2.45, 2.75) is 18.8 Å². The molecule has 4 rings (SSSR count). The normalized spacial score (nSPS) is 18.5. The molecule has 1 aliphatic rings. The van der Waals surface area contributed by atoms with Gasteiger partial charge in [0.2, 0.25) is 0 Å². The van der Waals surface area contributed by atoms with Gasteiger partial charge in [-0.2, -0.15) is 10.6 Å². The van der Waals surface area contributed by atoms with E-state index in [0.29, 0.717) is 40.6 Å². The van der Waals surface area contributed by atoms with Crippen LogP contribution in [0.15, 0.2) is 36.7 Å². The molecule has 0 radical (unpaired) electrons. The number of aromatic nitrogens is 2. The number of carbonyl (C=O) groups excluding carboxylic acids is 1. The number of hydrogen-bond acceptors (Lipinski definition) is 4. The summed E-state index contributed by atoms with van der Waals surface area (Å²) in [5.41, 5.74) is 9.50. The smallest absolute Gasteiger partial charge is 0.250 e. The van der Waals surface area contributed by atoms with Gasteiger partial charge in [-0.1, -0.05) is 11.6 Å². The zero-order valence-electron chi connectivity index (χ0n) is 14.5. The molecule has 0 spiro atoms. The van der Waals surface area contributed by atoms with Gasteiger partial charge in [0, 0.05) is 34.8 Å². The molecule has 0 atom stereocenters. The molecule has 8 heteroatoms. The molecule has 0 bridgehead atoms.